The second-order valence-corrected chi connectivity index (χ2v) is 3.83. The third-order valence-corrected chi connectivity index (χ3v) is 2.58. The normalized spacial score (nSPS) is 10.5. The average Bonchev–Trinajstić information content (AvgIpc) is 2.36. The van der Waals surface area contributed by atoms with Crippen molar-refractivity contribution in [2.24, 2.45) is 0 Å². The predicted molar refractivity (Wildman–Crippen MR) is 66.6 cm³/mol. The van der Waals surface area contributed by atoms with E-state index in [1.807, 2.05) is 19.1 Å². The van der Waals surface area contributed by atoms with Gasteiger partial charge < -0.3 is 9.47 Å². The highest BCUT2D eigenvalue weighted by Crippen LogP contribution is 2.32. The van der Waals surface area contributed by atoms with Crippen molar-refractivity contribution in [3.05, 3.63) is 24.2 Å². The second-order valence-electron chi connectivity index (χ2n) is 3.83. The van der Waals surface area contributed by atoms with Crippen molar-refractivity contribution < 1.29 is 9.47 Å². The lowest BCUT2D eigenvalue weighted by molar-refractivity contribution is 0.295. The van der Waals surface area contributed by atoms with E-state index in [9.17, 15) is 0 Å². The summed E-state index contributed by atoms with van der Waals surface area (Å²) in [7, 11) is 1.63. The average molecular weight is 232 g/mol. The van der Waals surface area contributed by atoms with Crippen molar-refractivity contribution in [2.45, 2.75) is 20.3 Å². The van der Waals surface area contributed by atoms with Gasteiger partial charge in [-0.3, -0.25) is 0 Å². The number of aromatic nitrogens is 2. The summed E-state index contributed by atoms with van der Waals surface area (Å²) in [6.07, 6.45) is 2.52. The van der Waals surface area contributed by atoms with Crippen LogP contribution >= 0.6 is 0 Å². The number of hydrogen-bond donors (Lipinski definition) is 0. The van der Waals surface area contributed by atoms with Gasteiger partial charge in [0.2, 0.25) is 0 Å². The summed E-state index contributed by atoms with van der Waals surface area (Å²) in [4.78, 5) is 8.40. The molecule has 2 aromatic rings. The van der Waals surface area contributed by atoms with Gasteiger partial charge in [0.1, 0.15) is 6.33 Å². The van der Waals surface area contributed by atoms with Crippen LogP contribution in [0, 0.1) is 6.92 Å². The summed E-state index contributed by atoms with van der Waals surface area (Å²) in [6.45, 7) is 4.70. The zero-order valence-corrected chi connectivity index (χ0v) is 10.4. The smallest absolute Gasteiger partial charge is 0.162 e. The van der Waals surface area contributed by atoms with Gasteiger partial charge >= 0.3 is 0 Å². The fraction of sp³-hybridized carbons (Fsp3) is 0.385. The molecule has 1 aromatic carbocycles. The molecule has 2 rings (SSSR count). The largest absolute Gasteiger partial charge is 0.493 e. The summed E-state index contributed by atoms with van der Waals surface area (Å²) >= 11 is 0. The number of hydrogen-bond acceptors (Lipinski definition) is 4. The molecule has 4 heteroatoms. The Labute approximate surface area is 101 Å². The monoisotopic (exact) mass is 232 g/mol. The molecule has 90 valence electrons. The van der Waals surface area contributed by atoms with Crippen molar-refractivity contribution in [1.29, 1.82) is 0 Å². The van der Waals surface area contributed by atoms with Crippen LogP contribution in [0.4, 0.5) is 0 Å². The molecular weight excluding hydrogens is 216 g/mol. The first-order chi connectivity index (χ1) is 8.26. The maximum absolute atomic E-state index is 5.66. The van der Waals surface area contributed by atoms with Crippen molar-refractivity contribution in [3.63, 3.8) is 0 Å². The second kappa shape index (κ2) is 4.99. The Morgan fingerprint density at radius 1 is 1.18 bits per heavy atom. The number of rotatable bonds is 4. The lowest BCUT2D eigenvalue weighted by Gasteiger charge is -2.11. The topological polar surface area (TPSA) is 44.2 Å². The van der Waals surface area contributed by atoms with Crippen LogP contribution in [0.3, 0.4) is 0 Å². The molecule has 4 nitrogen and oxygen atoms in total. The van der Waals surface area contributed by atoms with Crippen molar-refractivity contribution in [2.75, 3.05) is 13.7 Å². The maximum Gasteiger partial charge on any atom is 0.162 e. The van der Waals surface area contributed by atoms with Crippen molar-refractivity contribution in [1.82, 2.24) is 9.97 Å². The summed E-state index contributed by atoms with van der Waals surface area (Å²) in [5.74, 6) is 1.46. The first kappa shape index (κ1) is 11.6. The van der Waals surface area contributed by atoms with E-state index in [1.165, 1.54) is 0 Å². The zero-order valence-electron chi connectivity index (χ0n) is 10.4. The molecule has 0 saturated carbocycles. The Morgan fingerprint density at radius 2 is 2.00 bits per heavy atom. The van der Waals surface area contributed by atoms with Gasteiger partial charge in [-0.05, 0) is 19.4 Å². The summed E-state index contributed by atoms with van der Waals surface area (Å²) in [5, 5.41) is 0.999. The van der Waals surface area contributed by atoms with E-state index in [0.29, 0.717) is 12.4 Å². The fourth-order valence-corrected chi connectivity index (χ4v) is 1.68. The number of fused-ring (bicyclic) bond motifs is 1. The standard InChI is InChI=1S/C13H16N2O2/c1-4-5-17-13-6-10-9(2)14-8-15-11(10)7-12(13)16-3/h6-8H,4-5H2,1-3H3. The van der Waals surface area contributed by atoms with E-state index in [-0.39, 0.29) is 0 Å². The van der Waals surface area contributed by atoms with E-state index in [4.69, 9.17) is 9.47 Å². The number of methoxy groups -OCH3 is 1. The lowest BCUT2D eigenvalue weighted by Crippen LogP contribution is -1.99. The molecule has 1 heterocycles. The van der Waals surface area contributed by atoms with Crippen LogP contribution in [0.1, 0.15) is 19.0 Å². The Hall–Kier alpha value is -1.84. The number of aryl methyl sites for hydroxylation is 1. The van der Waals surface area contributed by atoms with E-state index in [0.717, 1.165) is 28.8 Å². The quantitative estimate of drug-likeness (QED) is 0.813. The fourth-order valence-electron chi connectivity index (χ4n) is 1.68. The van der Waals surface area contributed by atoms with Crippen LogP contribution in [0.5, 0.6) is 11.5 Å². The minimum absolute atomic E-state index is 0.675. The van der Waals surface area contributed by atoms with Gasteiger partial charge in [-0.1, -0.05) is 6.92 Å². The molecule has 0 atom stereocenters. The van der Waals surface area contributed by atoms with Gasteiger partial charge in [-0.15, -0.1) is 0 Å². The highest BCUT2D eigenvalue weighted by molar-refractivity contribution is 5.84. The lowest BCUT2D eigenvalue weighted by atomic mass is 10.2. The molecule has 0 saturated heterocycles. The highest BCUT2D eigenvalue weighted by Gasteiger charge is 2.09. The summed E-state index contributed by atoms with van der Waals surface area (Å²) in [5.41, 5.74) is 1.82. The third kappa shape index (κ3) is 2.30. The number of nitrogens with zero attached hydrogens (tertiary/aromatic N) is 2. The van der Waals surface area contributed by atoms with Gasteiger partial charge in [0.05, 0.1) is 19.2 Å². The molecular formula is C13H16N2O2. The molecule has 0 aliphatic heterocycles. The molecule has 0 bridgehead atoms. The molecule has 0 spiro atoms. The summed E-state index contributed by atoms with van der Waals surface area (Å²) < 4.78 is 11.0. The minimum Gasteiger partial charge on any atom is -0.493 e. The zero-order chi connectivity index (χ0) is 12.3. The predicted octanol–water partition coefficient (Wildman–Crippen LogP) is 2.74. The highest BCUT2D eigenvalue weighted by atomic mass is 16.5. The molecule has 0 N–H and O–H groups in total. The third-order valence-electron chi connectivity index (χ3n) is 2.58. The van der Waals surface area contributed by atoms with Crippen molar-refractivity contribution in [3.8, 4) is 11.5 Å². The molecule has 0 unspecified atom stereocenters. The van der Waals surface area contributed by atoms with Crippen LogP contribution in [-0.2, 0) is 0 Å². The van der Waals surface area contributed by atoms with Crippen LogP contribution in [0.15, 0.2) is 18.5 Å². The molecule has 0 aliphatic rings. The van der Waals surface area contributed by atoms with Crippen LogP contribution in [0.25, 0.3) is 10.9 Å². The number of benzene rings is 1. The van der Waals surface area contributed by atoms with Crippen LogP contribution < -0.4 is 9.47 Å². The Kier molecular flexibility index (Phi) is 3.42. The minimum atomic E-state index is 0.675. The molecule has 1 aromatic heterocycles. The molecule has 0 fully saturated rings. The Bertz CT molecular complexity index is 526. The Morgan fingerprint density at radius 3 is 2.71 bits per heavy atom. The first-order valence-electron chi connectivity index (χ1n) is 5.68. The van der Waals surface area contributed by atoms with Gasteiger partial charge in [0, 0.05) is 17.1 Å². The first-order valence-corrected chi connectivity index (χ1v) is 5.68. The van der Waals surface area contributed by atoms with E-state index in [2.05, 4.69) is 16.9 Å². The van der Waals surface area contributed by atoms with E-state index in [1.54, 1.807) is 13.4 Å². The van der Waals surface area contributed by atoms with Gasteiger partial charge in [0.25, 0.3) is 0 Å². The molecule has 0 amide bonds. The van der Waals surface area contributed by atoms with Gasteiger partial charge in [-0.25, -0.2) is 9.97 Å². The maximum atomic E-state index is 5.66. The van der Waals surface area contributed by atoms with E-state index >= 15 is 0 Å². The van der Waals surface area contributed by atoms with Crippen LogP contribution in [0.2, 0.25) is 0 Å². The molecule has 0 aliphatic carbocycles. The van der Waals surface area contributed by atoms with E-state index < -0.39 is 0 Å². The number of ether oxygens (including phenoxy) is 2. The van der Waals surface area contributed by atoms with Crippen molar-refractivity contribution >= 4 is 10.9 Å². The molecule has 0 radical (unpaired) electrons. The SMILES string of the molecule is CCCOc1cc2c(C)ncnc2cc1OC. The van der Waals surface area contributed by atoms with Crippen LogP contribution in [-0.4, -0.2) is 23.7 Å². The summed E-state index contributed by atoms with van der Waals surface area (Å²) in [6, 6.07) is 3.83. The van der Waals surface area contributed by atoms with Gasteiger partial charge in [0.15, 0.2) is 11.5 Å². The Balaban J connectivity index is 2.53. The molecule has 17 heavy (non-hydrogen) atoms. The van der Waals surface area contributed by atoms with Gasteiger partial charge in [-0.2, -0.15) is 0 Å².